The predicted molar refractivity (Wildman–Crippen MR) is 75.9 cm³/mol. The average molecular weight is 283 g/mol. The summed E-state index contributed by atoms with van der Waals surface area (Å²) in [4.78, 5) is 0. The van der Waals surface area contributed by atoms with Crippen molar-refractivity contribution in [2.24, 2.45) is 0 Å². The van der Waals surface area contributed by atoms with Gasteiger partial charge in [0.1, 0.15) is 0 Å². The van der Waals surface area contributed by atoms with E-state index in [9.17, 15) is 8.42 Å². The molecule has 5 nitrogen and oxygen atoms in total. The van der Waals surface area contributed by atoms with Gasteiger partial charge < -0.3 is 5.32 Å². The summed E-state index contributed by atoms with van der Waals surface area (Å²) in [5, 5.41) is 3.11. The van der Waals surface area contributed by atoms with Crippen LogP contribution in [0.15, 0.2) is 30.3 Å². The Kier molecular flexibility index (Phi) is 4.57. The van der Waals surface area contributed by atoms with Crippen LogP contribution in [0.1, 0.15) is 12.5 Å². The van der Waals surface area contributed by atoms with Crippen molar-refractivity contribution in [3.63, 3.8) is 0 Å². The van der Waals surface area contributed by atoms with E-state index in [0.717, 1.165) is 18.7 Å². The maximum absolute atomic E-state index is 12.5. The molecule has 0 amide bonds. The molecule has 1 aromatic rings. The minimum Gasteiger partial charge on any atom is -0.313 e. The molecule has 1 aliphatic rings. The van der Waals surface area contributed by atoms with Gasteiger partial charge in [-0.15, -0.1) is 0 Å². The lowest BCUT2D eigenvalue weighted by atomic mass is 10.2. The van der Waals surface area contributed by atoms with Crippen LogP contribution in [0.3, 0.4) is 0 Å². The van der Waals surface area contributed by atoms with Crippen LogP contribution in [0.25, 0.3) is 0 Å². The van der Waals surface area contributed by atoms with Crippen molar-refractivity contribution in [3.8, 4) is 0 Å². The van der Waals surface area contributed by atoms with E-state index in [2.05, 4.69) is 5.32 Å². The van der Waals surface area contributed by atoms with E-state index in [1.54, 1.807) is 11.4 Å². The molecular formula is C13H21N3O2S. The van der Waals surface area contributed by atoms with Crippen LogP contribution in [0.2, 0.25) is 0 Å². The summed E-state index contributed by atoms with van der Waals surface area (Å²) in [7, 11) is -1.75. The Balaban J connectivity index is 2.09. The zero-order valence-electron chi connectivity index (χ0n) is 11.4. The molecule has 1 saturated heterocycles. The van der Waals surface area contributed by atoms with Gasteiger partial charge in [-0.2, -0.15) is 17.0 Å². The van der Waals surface area contributed by atoms with Crippen LogP contribution in [0.5, 0.6) is 0 Å². The summed E-state index contributed by atoms with van der Waals surface area (Å²) in [6.45, 7) is 4.28. The molecule has 0 bridgehead atoms. The Bertz CT molecular complexity index is 500. The highest BCUT2D eigenvalue weighted by Crippen LogP contribution is 2.16. The second-order valence-corrected chi connectivity index (χ2v) is 6.75. The van der Waals surface area contributed by atoms with E-state index in [1.807, 2.05) is 37.3 Å². The molecule has 1 aliphatic heterocycles. The molecular weight excluding hydrogens is 262 g/mol. The first kappa shape index (κ1) is 14.5. The Hall–Kier alpha value is -0.950. The molecule has 0 unspecified atom stereocenters. The number of benzene rings is 1. The number of hydrogen-bond acceptors (Lipinski definition) is 3. The fraction of sp³-hybridized carbons (Fsp3) is 0.538. The van der Waals surface area contributed by atoms with Crippen molar-refractivity contribution in [1.82, 2.24) is 13.9 Å². The highest BCUT2D eigenvalue weighted by molar-refractivity contribution is 7.86. The summed E-state index contributed by atoms with van der Waals surface area (Å²) in [5.74, 6) is 0. The van der Waals surface area contributed by atoms with Gasteiger partial charge in [-0.05, 0) is 5.56 Å². The van der Waals surface area contributed by atoms with Gasteiger partial charge in [-0.1, -0.05) is 37.3 Å². The Morgan fingerprint density at radius 3 is 2.37 bits per heavy atom. The normalized spacial score (nSPS) is 16.8. The van der Waals surface area contributed by atoms with E-state index in [4.69, 9.17) is 0 Å². The molecule has 6 heteroatoms. The van der Waals surface area contributed by atoms with Crippen LogP contribution in [0.4, 0.5) is 0 Å². The van der Waals surface area contributed by atoms with Crippen LogP contribution >= 0.6 is 0 Å². The molecule has 1 N–H and O–H groups in total. The summed E-state index contributed by atoms with van der Waals surface area (Å²) in [6, 6.07) is 9.73. The van der Waals surface area contributed by atoms with E-state index in [1.165, 1.54) is 4.31 Å². The number of likely N-dealkylation sites (N-methyl/N-ethyl adjacent to an activating group) is 1. The molecule has 2 rings (SSSR count). The van der Waals surface area contributed by atoms with Gasteiger partial charge in [0.2, 0.25) is 0 Å². The fourth-order valence-electron chi connectivity index (χ4n) is 2.19. The topological polar surface area (TPSA) is 52.7 Å². The second kappa shape index (κ2) is 6.00. The number of nitrogens with zero attached hydrogens (tertiary/aromatic N) is 2. The first-order valence-corrected chi connectivity index (χ1v) is 7.93. The minimum atomic E-state index is -3.38. The Labute approximate surface area is 115 Å². The van der Waals surface area contributed by atoms with E-state index < -0.39 is 10.2 Å². The largest absolute Gasteiger partial charge is 0.313 e. The third-order valence-corrected chi connectivity index (χ3v) is 5.48. The standard InChI is InChI=1S/C13H21N3O2S/c1-3-16(13-9-14-10-13)19(17,18)15(2)11-12-7-5-4-6-8-12/h4-8,13-14H,3,9-11H2,1-2H3. The second-order valence-electron chi connectivity index (χ2n) is 4.76. The molecule has 0 spiro atoms. The van der Waals surface area contributed by atoms with Gasteiger partial charge in [-0.25, -0.2) is 0 Å². The van der Waals surface area contributed by atoms with Crippen LogP contribution in [-0.2, 0) is 16.8 Å². The monoisotopic (exact) mass is 283 g/mol. The van der Waals surface area contributed by atoms with Gasteiger partial charge in [0.15, 0.2) is 0 Å². The molecule has 0 atom stereocenters. The predicted octanol–water partition coefficient (Wildman–Crippen LogP) is 0.657. The highest BCUT2D eigenvalue weighted by atomic mass is 32.2. The van der Waals surface area contributed by atoms with Gasteiger partial charge in [0.25, 0.3) is 10.2 Å². The summed E-state index contributed by atoms with van der Waals surface area (Å²) >= 11 is 0. The molecule has 1 fully saturated rings. The van der Waals surface area contributed by atoms with Crippen molar-refractivity contribution >= 4 is 10.2 Å². The number of hydrogen-bond donors (Lipinski definition) is 1. The van der Waals surface area contributed by atoms with Gasteiger partial charge in [-0.3, -0.25) is 0 Å². The van der Waals surface area contributed by atoms with Crippen molar-refractivity contribution in [3.05, 3.63) is 35.9 Å². The summed E-state index contributed by atoms with van der Waals surface area (Å²) in [6.07, 6.45) is 0. The SMILES string of the molecule is CCN(C1CNC1)S(=O)(=O)N(C)Cc1ccccc1. The highest BCUT2D eigenvalue weighted by Gasteiger charge is 2.34. The maximum atomic E-state index is 12.5. The molecule has 1 heterocycles. The molecule has 0 aromatic heterocycles. The maximum Gasteiger partial charge on any atom is 0.282 e. The summed E-state index contributed by atoms with van der Waals surface area (Å²) in [5.41, 5.74) is 0.997. The molecule has 106 valence electrons. The Morgan fingerprint density at radius 1 is 1.26 bits per heavy atom. The Morgan fingerprint density at radius 2 is 1.89 bits per heavy atom. The molecule has 1 aromatic carbocycles. The smallest absolute Gasteiger partial charge is 0.282 e. The average Bonchev–Trinajstić information content (AvgIpc) is 2.34. The summed E-state index contributed by atoms with van der Waals surface area (Å²) < 4.78 is 28.0. The molecule has 0 radical (unpaired) electrons. The van der Waals surface area contributed by atoms with E-state index >= 15 is 0 Å². The lowest BCUT2D eigenvalue weighted by Crippen LogP contribution is -2.60. The van der Waals surface area contributed by atoms with Crippen LogP contribution in [-0.4, -0.2) is 49.8 Å². The number of rotatable bonds is 6. The minimum absolute atomic E-state index is 0.0909. The number of nitrogens with one attached hydrogen (secondary N) is 1. The third-order valence-electron chi connectivity index (χ3n) is 3.42. The molecule has 0 aliphatic carbocycles. The fourth-order valence-corrected chi connectivity index (χ4v) is 3.71. The van der Waals surface area contributed by atoms with Crippen molar-refractivity contribution < 1.29 is 8.42 Å². The van der Waals surface area contributed by atoms with Gasteiger partial charge >= 0.3 is 0 Å². The third kappa shape index (κ3) is 3.14. The molecule has 19 heavy (non-hydrogen) atoms. The van der Waals surface area contributed by atoms with Gasteiger partial charge in [0.05, 0.1) is 6.04 Å². The zero-order chi connectivity index (χ0) is 13.9. The zero-order valence-corrected chi connectivity index (χ0v) is 12.2. The lowest BCUT2D eigenvalue weighted by molar-refractivity contribution is 0.234. The lowest BCUT2D eigenvalue weighted by Gasteiger charge is -2.38. The first-order chi connectivity index (χ1) is 9.05. The van der Waals surface area contributed by atoms with E-state index in [-0.39, 0.29) is 6.04 Å². The van der Waals surface area contributed by atoms with Crippen molar-refractivity contribution in [2.45, 2.75) is 19.5 Å². The van der Waals surface area contributed by atoms with Crippen LogP contribution in [0, 0.1) is 0 Å². The van der Waals surface area contributed by atoms with E-state index in [0.29, 0.717) is 13.1 Å². The first-order valence-electron chi connectivity index (χ1n) is 6.53. The molecule has 0 saturated carbocycles. The van der Waals surface area contributed by atoms with Crippen LogP contribution < -0.4 is 5.32 Å². The quantitative estimate of drug-likeness (QED) is 0.834. The van der Waals surface area contributed by atoms with Gasteiger partial charge in [0, 0.05) is 33.2 Å². The van der Waals surface area contributed by atoms with Crippen molar-refractivity contribution in [2.75, 3.05) is 26.7 Å². The van der Waals surface area contributed by atoms with Crippen molar-refractivity contribution in [1.29, 1.82) is 0 Å².